The first kappa shape index (κ1) is 15.3. The van der Waals surface area contributed by atoms with E-state index in [2.05, 4.69) is 11.4 Å². The summed E-state index contributed by atoms with van der Waals surface area (Å²) in [6.45, 7) is 5.30. The van der Waals surface area contributed by atoms with Crippen LogP contribution in [0.3, 0.4) is 0 Å². The molecular formula is C16H19FN2O2. The third-order valence-electron chi connectivity index (χ3n) is 3.55. The fraction of sp³-hybridized carbons (Fsp3) is 0.500. The van der Waals surface area contributed by atoms with Gasteiger partial charge in [0.25, 0.3) is 0 Å². The molecule has 1 aromatic rings. The number of nitrogens with one attached hydrogen (secondary N) is 1. The number of ether oxygens (including phenoxy) is 1. The summed E-state index contributed by atoms with van der Waals surface area (Å²) < 4.78 is 19.1. The molecule has 0 unspecified atom stereocenters. The Kier molecular flexibility index (Phi) is 3.91. The monoisotopic (exact) mass is 290 g/mol. The van der Waals surface area contributed by atoms with E-state index in [1.54, 1.807) is 20.8 Å². The van der Waals surface area contributed by atoms with Gasteiger partial charge in [0, 0.05) is 11.3 Å². The van der Waals surface area contributed by atoms with E-state index in [0.717, 1.165) is 6.42 Å². The van der Waals surface area contributed by atoms with Crippen molar-refractivity contribution in [2.45, 2.75) is 51.0 Å². The van der Waals surface area contributed by atoms with Crippen LogP contribution in [0.5, 0.6) is 0 Å². The lowest BCUT2D eigenvalue weighted by molar-refractivity contribution is 0.0636. The normalized spacial score (nSPS) is 16.5. The van der Waals surface area contributed by atoms with Crippen LogP contribution < -0.4 is 5.32 Å². The minimum atomic E-state index is -0.754. The van der Waals surface area contributed by atoms with Crippen molar-refractivity contribution >= 4 is 11.8 Å². The van der Waals surface area contributed by atoms with Gasteiger partial charge >= 0.3 is 6.09 Å². The van der Waals surface area contributed by atoms with Crippen LogP contribution in [0.1, 0.15) is 45.6 Å². The van der Waals surface area contributed by atoms with Gasteiger partial charge in [-0.2, -0.15) is 5.26 Å². The molecule has 1 saturated carbocycles. The van der Waals surface area contributed by atoms with E-state index in [-0.39, 0.29) is 0 Å². The smallest absolute Gasteiger partial charge is 0.412 e. The molecule has 112 valence electrons. The molecule has 0 aromatic heterocycles. The summed E-state index contributed by atoms with van der Waals surface area (Å²) >= 11 is 0. The van der Waals surface area contributed by atoms with Crippen molar-refractivity contribution in [3.05, 3.63) is 29.6 Å². The van der Waals surface area contributed by atoms with E-state index in [9.17, 15) is 14.4 Å². The van der Waals surface area contributed by atoms with Crippen LogP contribution in [0, 0.1) is 17.1 Å². The van der Waals surface area contributed by atoms with Crippen molar-refractivity contribution in [1.82, 2.24) is 0 Å². The Morgan fingerprint density at radius 3 is 2.57 bits per heavy atom. The third kappa shape index (κ3) is 3.33. The number of halogens is 1. The highest BCUT2D eigenvalue weighted by atomic mass is 19.1. The summed E-state index contributed by atoms with van der Waals surface area (Å²) in [5, 5.41) is 11.9. The van der Waals surface area contributed by atoms with Crippen molar-refractivity contribution in [3.63, 3.8) is 0 Å². The molecule has 0 radical (unpaired) electrons. The molecule has 0 atom stereocenters. The van der Waals surface area contributed by atoms with Gasteiger partial charge in [0.15, 0.2) is 0 Å². The van der Waals surface area contributed by atoms with Crippen LogP contribution in [0.15, 0.2) is 18.2 Å². The van der Waals surface area contributed by atoms with Crippen LogP contribution >= 0.6 is 0 Å². The van der Waals surface area contributed by atoms with E-state index in [1.165, 1.54) is 18.2 Å². The number of amides is 1. The van der Waals surface area contributed by atoms with E-state index in [0.29, 0.717) is 24.1 Å². The van der Waals surface area contributed by atoms with Crippen LogP contribution in [-0.4, -0.2) is 11.7 Å². The van der Waals surface area contributed by atoms with Crippen molar-refractivity contribution in [2.75, 3.05) is 5.32 Å². The molecule has 0 spiro atoms. The van der Waals surface area contributed by atoms with E-state index in [1.807, 2.05) is 0 Å². The highest BCUT2D eigenvalue weighted by molar-refractivity contribution is 5.85. The van der Waals surface area contributed by atoms with Gasteiger partial charge in [-0.05, 0) is 58.2 Å². The molecule has 0 saturated heterocycles. The second-order valence-electron chi connectivity index (χ2n) is 6.37. The highest BCUT2D eigenvalue weighted by Gasteiger charge is 2.41. The van der Waals surface area contributed by atoms with Gasteiger partial charge in [-0.25, -0.2) is 9.18 Å². The van der Waals surface area contributed by atoms with Crippen molar-refractivity contribution in [3.8, 4) is 6.07 Å². The molecule has 1 aliphatic rings. The van der Waals surface area contributed by atoms with Gasteiger partial charge in [0.05, 0.1) is 11.5 Å². The van der Waals surface area contributed by atoms with Crippen LogP contribution in [-0.2, 0) is 10.2 Å². The van der Waals surface area contributed by atoms with Crippen molar-refractivity contribution in [1.29, 1.82) is 5.26 Å². The Labute approximate surface area is 123 Å². The maximum absolute atomic E-state index is 14.0. The lowest BCUT2D eigenvalue weighted by atomic mass is 9.65. The van der Waals surface area contributed by atoms with Crippen molar-refractivity contribution in [2.24, 2.45) is 0 Å². The molecule has 1 fully saturated rings. The predicted molar refractivity (Wildman–Crippen MR) is 77.4 cm³/mol. The quantitative estimate of drug-likeness (QED) is 0.891. The van der Waals surface area contributed by atoms with Gasteiger partial charge < -0.3 is 4.74 Å². The van der Waals surface area contributed by atoms with E-state index < -0.39 is 22.9 Å². The zero-order chi connectivity index (χ0) is 15.7. The first-order chi connectivity index (χ1) is 9.76. The second kappa shape index (κ2) is 5.36. The maximum atomic E-state index is 14.0. The molecule has 1 aliphatic carbocycles. The second-order valence-corrected chi connectivity index (χ2v) is 6.37. The van der Waals surface area contributed by atoms with E-state index >= 15 is 0 Å². The minimum absolute atomic E-state index is 0.352. The summed E-state index contributed by atoms with van der Waals surface area (Å²) in [7, 11) is 0. The topological polar surface area (TPSA) is 62.1 Å². The molecule has 0 heterocycles. The van der Waals surface area contributed by atoms with E-state index in [4.69, 9.17) is 4.74 Å². The number of hydrogen-bond donors (Lipinski definition) is 1. The van der Waals surface area contributed by atoms with Gasteiger partial charge in [-0.3, -0.25) is 5.32 Å². The zero-order valence-corrected chi connectivity index (χ0v) is 12.5. The Morgan fingerprint density at radius 1 is 1.43 bits per heavy atom. The fourth-order valence-corrected chi connectivity index (χ4v) is 2.36. The largest absolute Gasteiger partial charge is 0.444 e. The number of hydrogen-bond acceptors (Lipinski definition) is 3. The average molecular weight is 290 g/mol. The molecule has 1 aromatic carbocycles. The lowest BCUT2D eigenvalue weighted by Gasteiger charge is -2.36. The number of benzene rings is 1. The third-order valence-corrected chi connectivity index (χ3v) is 3.55. The summed E-state index contributed by atoms with van der Waals surface area (Å²) in [5.74, 6) is -0.411. The number of nitrogens with zero attached hydrogens (tertiary/aromatic N) is 1. The Balaban J connectivity index is 2.20. The number of nitriles is 1. The van der Waals surface area contributed by atoms with Crippen LogP contribution in [0.2, 0.25) is 0 Å². The van der Waals surface area contributed by atoms with Crippen LogP contribution in [0.4, 0.5) is 14.9 Å². The van der Waals surface area contributed by atoms with Gasteiger partial charge in [-0.15, -0.1) is 0 Å². The number of carbonyl (C=O) groups excluding carboxylic acids is 1. The highest BCUT2D eigenvalue weighted by Crippen LogP contribution is 2.44. The molecule has 2 rings (SSSR count). The summed E-state index contributed by atoms with van der Waals surface area (Å²) in [5.41, 5.74) is -0.572. The standard InChI is InChI=1S/C16H19FN2O2/c1-15(2,3)21-14(20)19-11-5-6-13(17)12(9-11)16(10-18)7-4-8-16/h5-6,9H,4,7-8H2,1-3H3,(H,19,20). The minimum Gasteiger partial charge on any atom is -0.444 e. The molecule has 0 aliphatic heterocycles. The maximum Gasteiger partial charge on any atom is 0.412 e. The van der Waals surface area contributed by atoms with Gasteiger partial charge in [0.1, 0.15) is 11.4 Å². The molecule has 5 heteroatoms. The summed E-state index contributed by atoms with van der Waals surface area (Å²) in [6.07, 6.45) is 1.61. The summed E-state index contributed by atoms with van der Waals surface area (Å²) in [4.78, 5) is 11.7. The Bertz CT molecular complexity index is 595. The van der Waals surface area contributed by atoms with Crippen LogP contribution in [0.25, 0.3) is 0 Å². The zero-order valence-electron chi connectivity index (χ0n) is 12.5. The molecule has 0 bridgehead atoms. The average Bonchev–Trinajstić information content (AvgIpc) is 2.30. The molecule has 1 amide bonds. The molecule has 21 heavy (non-hydrogen) atoms. The number of carbonyl (C=O) groups is 1. The lowest BCUT2D eigenvalue weighted by Crippen LogP contribution is -2.33. The Morgan fingerprint density at radius 2 is 2.10 bits per heavy atom. The molecular weight excluding hydrogens is 271 g/mol. The number of anilines is 1. The number of rotatable bonds is 2. The van der Waals surface area contributed by atoms with Crippen molar-refractivity contribution < 1.29 is 13.9 Å². The first-order valence-electron chi connectivity index (χ1n) is 6.97. The first-order valence-corrected chi connectivity index (χ1v) is 6.97. The SMILES string of the molecule is CC(C)(C)OC(=O)Nc1ccc(F)c(C2(C#N)CCC2)c1. The molecule has 1 N–H and O–H groups in total. The summed E-state index contributed by atoms with van der Waals surface area (Å²) in [6, 6.07) is 6.48. The predicted octanol–water partition coefficient (Wildman–Crippen LogP) is 4.12. The van der Waals surface area contributed by atoms with Gasteiger partial charge in [-0.1, -0.05) is 0 Å². The Hall–Kier alpha value is -2.09. The molecule has 4 nitrogen and oxygen atoms in total. The fourth-order valence-electron chi connectivity index (χ4n) is 2.36. The van der Waals surface area contributed by atoms with Gasteiger partial charge in [0.2, 0.25) is 0 Å².